The van der Waals surface area contributed by atoms with Crippen molar-refractivity contribution in [2.45, 2.75) is 44.8 Å². The lowest BCUT2D eigenvalue weighted by atomic mass is 10.0. The van der Waals surface area contributed by atoms with Gasteiger partial charge >= 0.3 is 12.3 Å². The molecule has 1 heterocycles. The first-order chi connectivity index (χ1) is 12.3. The smallest absolute Gasteiger partial charge is 0.416 e. The predicted octanol–water partition coefficient (Wildman–Crippen LogP) is 3.84. The second kappa shape index (κ2) is 8.91. The Labute approximate surface area is 150 Å². The fourth-order valence-corrected chi connectivity index (χ4v) is 2.68. The zero-order valence-electron chi connectivity index (χ0n) is 14.6. The first-order valence-electron chi connectivity index (χ1n) is 8.71. The van der Waals surface area contributed by atoms with E-state index < -0.39 is 17.6 Å². The molecule has 0 unspecified atom stereocenters. The number of carbonyl (C=O) groups excluding carboxylic acids is 2. The quantitative estimate of drug-likeness (QED) is 0.799. The monoisotopic (exact) mass is 372 g/mol. The minimum atomic E-state index is -4.42. The van der Waals surface area contributed by atoms with E-state index >= 15 is 0 Å². The molecule has 1 saturated heterocycles. The maximum Gasteiger partial charge on any atom is 0.416 e. The van der Waals surface area contributed by atoms with Crippen LogP contribution in [0.3, 0.4) is 0 Å². The van der Waals surface area contributed by atoms with Gasteiger partial charge in [0.25, 0.3) is 5.91 Å². The molecule has 5 nitrogen and oxygen atoms in total. The van der Waals surface area contributed by atoms with Crippen LogP contribution in [0, 0.1) is 0 Å². The average Bonchev–Trinajstić information content (AvgIpc) is 2.62. The number of nitrogens with one attached hydrogen (secondary N) is 1. The van der Waals surface area contributed by atoms with E-state index in [0.717, 1.165) is 25.0 Å². The molecule has 0 radical (unpaired) electrons. The number of nitrogens with zero attached hydrogens (tertiary/aromatic N) is 1. The number of likely N-dealkylation sites (tertiary alicyclic amines) is 1. The number of ether oxygens (including phenoxy) is 1. The summed E-state index contributed by atoms with van der Waals surface area (Å²) in [6.07, 6.45) is -1.83. The summed E-state index contributed by atoms with van der Waals surface area (Å²) in [6, 6.07) is 3.99. The molecule has 0 bridgehead atoms. The summed E-state index contributed by atoms with van der Waals surface area (Å²) >= 11 is 0. The lowest BCUT2D eigenvalue weighted by Crippen LogP contribution is -2.46. The number of benzene rings is 1. The van der Waals surface area contributed by atoms with Gasteiger partial charge in [0.05, 0.1) is 12.2 Å². The molecule has 2 amide bonds. The lowest BCUT2D eigenvalue weighted by molar-refractivity contribution is -0.137. The van der Waals surface area contributed by atoms with Gasteiger partial charge in [-0.1, -0.05) is 13.3 Å². The standard InChI is InChI=1S/C18H23F3N2O3/c1-2-3-12-26-17(25)23-10-8-15(9-11-23)22-16(24)13-4-6-14(7-5-13)18(19,20)21/h4-7,15H,2-3,8-12H2,1H3,(H,22,24). The summed E-state index contributed by atoms with van der Waals surface area (Å²) < 4.78 is 42.8. The molecule has 144 valence electrons. The van der Waals surface area contributed by atoms with E-state index in [1.165, 1.54) is 12.1 Å². The molecule has 0 spiro atoms. The van der Waals surface area contributed by atoms with Gasteiger partial charge in [0.1, 0.15) is 0 Å². The van der Waals surface area contributed by atoms with Gasteiger partial charge < -0.3 is 15.0 Å². The number of halogens is 3. The topological polar surface area (TPSA) is 58.6 Å². The Morgan fingerprint density at radius 1 is 1.19 bits per heavy atom. The number of unbranched alkanes of at least 4 members (excludes halogenated alkanes) is 1. The van der Waals surface area contributed by atoms with Crippen molar-refractivity contribution in [3.05, 3.63) is 35.4 Å². The predicted molar refractivity (Wildman–Crippen MR) is 89.8 cm³/mol. The highest BCUT2D eigenvalue weighted by Gasteiger charge is 2.30. The minimum Gasteiger partial charge on any atom is -0.449 e. The molecule has 0 aliphatic carbocycles. The SMILES string of the molecule is CCCCOC(=O)N1CCC(NC(=O)c2ccc(C(F)(F)F)cc2)CC1. The van der Waals surface area contributed by atoms with Gasteiger partial charge in [-0.2, -0.15) is 13.2 Å². The summed E-state index contributed by atoms with van der Waals surface area (Å²) in [4.78, 5) is 25.6. The van der Waals surface area contributed by atoms with Gasteiger partial charge in [-0.05, 0) is 43.5 Å². The molecule has 1 fully saturated rings. The molecule has 0 saturated carbocycles. The van der Waals surface area contributed by atoms with E-state index in [1.54, 1.807) is 4.90 Å². The maximum atomic E-state index is 12.6. The number of amides is 2. The Kier molecular flexibility index (Phi) is 6.88. The number of hydrogen-bond acceptors (Lipinski definition) is 3. The number of hydrogen-bond donors (Lipinski definition) is 1. The van der Waals surface area contributed by atoms with Crippen molar-refractivity contribution >= 4 is 12.0 Å². The van der Waals surface area contributed by atoms with E-state index in [9.17, 15) is 22.8 Å². The van der Waals surface area contributed by atoms with Gasteiger partial charge in [0, 0.05) is 24.7 Å². The van der Waals surface area contributed by atoms with Crippen molar-refractivity contribution in [3.63, 3.8) is 0 Å². The normalized spacial score (nSPS) is 15.6. The number of piperidine rings is 1. The van der Waals surface area contributed by atoms with Crippen LogP contribution in [0.15, 0.2) is 24.3 Å². The van der Waals surface area contributed by atoms with Crippen molar-refractivity contribution in [1.29, 1.82) is 0 Å². The summed E-state index contributed by atoms with van der Waals surface area (Å²) in [5.74, 6) is -0.414. The Hall–Kier alpha value is -2.25. The highest BCUT2D eigenvalue weighted by atomic mass is 19.4. The average molecular weight is 372 g/mol. The number of rotatable bonds is 5. The van der Waals surface area contributed by atoms with Crippen LogP contribution in [0.1, 0.15) is 48.5 Å². The molecule has 1 aliphatic heterocycles. The van der Waals surface area contributed by atoms with Crippen LogP contribution in [0.4, 0.5) is 18.0 Å². The van der Waals surface area contributed by atoms with Crippen LogP contribution in [-0.4, -0.2) is 42.6 Å². The molecule has 1 aliphatic rings. The van der Waals surface area contributed by atoms with Crippen molar-refractivity contribution in [2.75, 3.05) is 19.7 Å². The van der Waals surface area contributed by atoms with Crippen LogP contribution < -0.4 is 5.32 Å². The highest BCUT2D eigenvalue weighted by Crippen LogP contribution is 2.29. The van der Waals surface area contributed by atoms with Crippen LogP contribution in [0.2, 0.25) is 0 Å². The Morgan fingerprint density at radius 3 is 2.35 bits per heavy atom. The van der Waals surface area contributed by atoms with E-state index in [2.05, 4.69) is 5.32 Å². The van der Waals surface area contributed by atoms with E-state index in [0.29, 0.717) is 32.5 Å². The van der Waals surface area contributed by atoms with E-state index in [4.69, 9.17) is 4.74 Å². The molecule has 0 aromatic heterocycles. The molecule has 1 aromatic rings. The van der Waals surface area contributed by atoms with Crippen molar-refractivity contribution in [2.24, 2.45) is 0 Å². The van der Waals surface area contributed by atoms with Crippen LogP contribution in [-0.2, 0) is 10.9 Å². The van der Waals surface area contributed by atoms with Gasteiger partial charge in [-0.25, -0.2) is 4.79 Å². The molecular weight excluding hydrogens is 349 g/mol. The third kappa shape index (κ3) is 5.64. The molecule has 1 N–H and O–H groups in total. The van der Waals surface area contributed by atoms with Gasteiger partial charge in [-0.3, -0.25) is 4.79 Å². The van der Waals surface area contributed by atoms with Crippen molar-refractivity contribution in [1.82, 2.24) is 10.2 Å². The minimum absolute atomic E-state index is 0.121. The van der Waals surface area contributed by atoms with Crippen LogP contribution in [0.25, 0.3) is 0 Å². The molecule has 0 atom stereocenters. The Balaban J connectivity index is 1.80. The highest BCUT2D eigenvalue weighted by molar-refractivity contribution is 5.94. The summed E-state index contributed by atoms with van der Waals surface area (Å²) in [6.45, 7) is 3.37. The van der Waals surface area contributed by atoms with Gasteiger partial charge in [0.15, 0.2) is 0 Å². The lowest BCUT2D eigenvalue weighted by Gasteiger charge is -2.31. The third-order valence-electron chi connectivity index (χ3n) is 4.29. The summed E-state index contributed by atoms with van der Waals surface area (Å²) in [5.41, 5.74) is -0.608. The zero-order chi connectivity index (χ0) is 19.2. The summed E-state index contributed by atoms with van der Waals surface area (Å²) in [7, 11) is 0. The first-order valence-corrected chi connectivity index (χ1v) is 8.71. The van der Waals surface area contributed by atoms with Crippen LogP contribution in [0.5, 0.6) is 0 Å². The third-order valence-corrected chi connectivity index (χ3v) is 4.29. The first kappa shape index (κ1) is 20.1. The largest absolute Gasteiger partial charge is 0.449 e. The van der Waals surface area contributed by atoms with Crippen molar-refractivity contribution in [3.8, 4) is 0 Å². The van der Waals surface area contributed by atoms with E-state index in [-0.39, 0.29) is 17.7 Å². The van der Waals surface area contributed by atoms with E-state index in [1.807, 2.05) is 6.92 Å². The molecule has 8 heteroatoms. The van der Waals surface area contributed by atoms with Gasteiger partial charge in [0.2, 0.25) is 0 Å². The maximum absolute atomic E-state index is 12.6. The molecule has 26 heavy (non-hydrogen) atoms. The van der Waals surface area contributed by atoms with Crippen molar-refractivity contribution < 1.29 is 27.5 Å². The Bertz CT molecular complexity index is 609. The molecule has 2 rings (SSSR count). The molecule has 1 aromatic carbocycles. The second-order valence-electron chi connectivity index (χ2n) is 6.28. The van der Waals surface area contributed by atoms with Crippen LogP contribution >= 0.6 is 0 Å². The Morgan fingerprint density at radius 2 is 1.81 bits per heavy atom. The second-order valence-corrected chi connectivity index (χ2v) is 6.28. The number of alkyl halides is 3. The fraction of sp³-hybridized carbons (Fsp3) is 0.556. The fourth-order valence-electron chi connectivity index (χ4n) is 2.68. The number of carbonyl (C=O) groups is 2. The summed E-state index contributed by atoms with van der Waals surface area (Å²) in [5, 5.41) is 2.81. The molecular formula is C18H23F3N2O3. The van der Waals surface area contributed by atoms with Gasteiger partial charge in [-0.15, -0.1) is 0 Å². The zero-order valence-corrected chi connectivity index (χ0v) is 14.6.